The Kier molecular flexibility index (Phi) is 5.64. The van der Waals surface area contributed by atoms with Crippen molar-refractivity contribution >= 4 is 10.0 Å². The molecular weight excluding hydrogens is 362 g/mol. The molecule has 2 aliphatic rings. The fraction of sp³-hybridized carbons (Fsp3) is 0.524. The van der Waals surface area contributed by atoms with E-state index in [0.717, 1.165) is 23.1 Å². The van der Waals surface area contributed by atoms with Gasteiger partial charge in [0.1, 0.15) is 0 Å². The molecule has 6 heteroatoms. The molecule has 1 aliphatic heterocycles. The van der Waals surface area contributed by atoms with Crippen LogP contribution >= 0.6 is 0 Å². The van der Waals surface area contributed by atoms with E-state index in [1.165, 1.54) is 11.1 Å². The smallest absolute Gasteiger partial charge is 0.243 e. The van der Waals surface area contributed by atoms with E-state index in [1.807, 2.05) is 19.1 Å². The van der Waals surface area contributed by atoms with Crippen LogP contribution in [0, 0.1) is 12.3 Å². The van der Waals surface area contributed by atoms with Crippen LogP contribution in [0.5, 0.6) is 0 Å². The summed E-state index contributed by atoms with van der Waals surface area (Å²) in [5.74, 6) is 0. The Morgan fingerprint density at radius 2 is 1.70 bits per heavy atom. The van der Waals surface area contributed by atoms with Crippen molar-refractivity contribution in [3.05, 3.63) is 52.1 Å². The van der Waals surface area contributed by atoms with E-state index in [0.29, 0.717) is 31.2 Å². The number of rotatable bonds is 6. The molecule has 5 nitrogen and oxygen atoms in total. The van der Waals surface area contributed by atoms with Gasteiger partial charge in [-0.05, 0) is 54.7 Å². The number of hydrogen-bond donors (Lipinski definition) is 0. The second-order valence-corrected chi connectivity index (χ2v) is 9.81. The monoisotopic (exact) mass is 391 g/mol. The van der Waals surface area contributed by atoms with Crippen LogP contribution in [0.3, 0.4) is 0 Å². The Bertz CT molecular complexity index is 883. The van der Waals surface area contributed by atoms with E-state index in [1.54, 1.807) is 30.7 Å². The molecule has 1 atom stereocenters. The SMILES string of the molecule is COCC1=C(COC)C(C)=C2CN(S(=O)(=O)c3ccc(C)cc3)C[C@]2(C)C1. The molecule has 1 fully saturated rings. The number of ether oxygens (including phenoxy) is 2. The minimum Gasteiger partial charge on any atom is -0.380 e. The molecule has 1 aromatic carbocycles. The first-order valence-corrected chi connectivity index (χ1v) is 10.6. The summed E-state index contributed by atoms with van der Waals surface area (Å²) < 4.78 is 38.8. The normalized spacial score (nSPS) is 23.9. The molecular formula is C21H29NO4S. The Morgan fingerprint density at radius 3 is 2.30 bits per heavy atom. The molecule has 148 valence electrons. The molecule has 0 radical (unpaired) electrons. The summed E-state index contributed by atoms with van der Waals surface area (Å²) in [6.07, 6.45) is 0.798. The molecule has 0 spiro atoms. The van der Waals surface area contributed by atoms with E-state index < -0.39 is 10.0 Å². The van der Waals surface area contributed by atoms with Crippen molar-refractivity contribution in [1.82, 2.24) is 4.31 Å². The maximum absolute atomic E-state index is 13.2. The van der Waals surface area contributed by atoms with Gasteiger partial charge in [0.15, 0.2) is 0 Å². The highest BCUT2D eigenvalue weighted by molar-refractivity contribution is 7.89. The molecule has 0 N–H and O–H groups in total. The van der Waals surface area contributed by atoms with Gasteiger partial charge in [0.2, 0.25) is 10.0 Å². The molecule has 1 heterocycles. The lowest BCUT2D eigenvalue weighted by Crippen LogP contribution is -2.32. The van der Waals surface area contributed by atoms with Crippen molar-refractivity contribution in [1.29, 1.82) is 0 Å². The van der Waals surface area contributed by atoms with Crippen LogP contribution in [0.2, 0.25) is 0 Å². The highest BCUT2D eigenvalue weighted by atomic mass is 32.2. The van der Waals surface area contributed by atoms with Crippen molar-refractivity contribution in [3.8, 4) is 0 Å². The topological polar surface area (TPSA) is 55.8 Å². The van der Waals surface area contributed by atoms with Crippen LogP contribution in [0.25, 0.3) is 0 Å². The van der Waals surface area contributed by atoms with Crippen molar-refractivity contribution < 1.29 is 17.9 Å². The van der Waals surface area contributed by atoms with E-state index in [4.69, 9.17) is 9.47 Å². The molecule has 0 unspecified atom stereocenters. The lowest BCUT2D eigenvalue weighted by atomic mass is 9.71. The van der Waals surface area contributed by atoms with Crippen LogP contribution < -0.4 is 0 Å². The Hall–Kier alpha value is -1.47. The fourth-order valence-corrected chi connectivity index (χ4v) is 5.90. The Labute approximate surface area is 162 Å². The maximum Gasteiger partial charge on any atom is 0.243 e. The van der Waals surface area contributed by atoms with Gasteiger partial charge in [-0.2, -0.15) is 4.31 Å². The zero-order chi connectivity index (χ0) is 19.8. The van der Waals surface area contributed by atoms with Gasteiger partial charge in [-0.15, -0.1) is 0 Å². The molecule has 27 heavy (non-hydrogen) atoms. The van der Waals surface area contributed by atoms with E-state index in [-0.39, 0.29) is 5.41 Å². The van der Waals surface area contributed by atoms with Crippen molar-refractivity contribution in [2.75, 3.05) is 40.5 Å². The van der Waals surface area contributed by atoms with Gasteiger partial charge in [0, 0.05) is 32.7 Å². The molecule has 0 aromatic heterocycles. The summed E-state index contributed by atoms with van der Waals surface area (Å²) in [5, 5.41) is 0. The van der Waals surface area contributed by atoms with Gasteiger partial charge in [-0.25, -0.2) is 8.42 Å². The van der Waals surface area contributed by atoms with Gasteiger partial charge < -0.3 is 9.47 Å². The van der Waals surface area contributed by atoms with Crippen molar-refractivity contribution in [2.24, 2.45) is 5.41 Å². The van der Waals surface area contributed by atoms with Gasteiger partial charge in [0.05, 0.1) is 18.1 Å². The average molecular weight is 392 g/mol. The number of sulfonamides is 1. The predicted molar refractivity (Wildman–Crippen MR) is 106 cm³/mol. The second-order valence-electron chi connectivity index (χ2n) is 7.88. The predicted octanol–water partition coefficient (Wildman–Crippen LogP) is 3.32. The molecule has 3 rings (SSSR count). The zero-order valence-electron chi connectivity index (χ0n) is 16.8. The third kappa shape index (κ3) is 3.63. The molecule has 1 saturated heterocycles. The van der Waals surface area contributed by atoms with Crippen LogP contribution in [-0.4, -0.2) is 53.2 Å². The van der Waals surface area contributed by atoms with E-state index in [9.17, 15) is 8.42 Å². The van der Waals surface area contributed by atoms with Gasteiger partial charge in [0.25, 0.3) is 0 Å². The number of methoxy groups -OCH3 is 2. The highest BCUT2D eigenvalue weighted by Crippen LogP contribution is 2.49. The van der Waals surface area contributed by atoms with Gasteiger partial charge >= 0.3 is 0 Å². The van der Waals surface area contributed by atoms with Crippen LogP contribution in [0.4, 0.5) is 0 Å². The molecule has 0 amide bonds. The number of nitrogens with zero attached hydrogens (tertiary/aromatic N) is 1. The average Bonchev–Trinajstić information content (AvgIpc) is 2.97. The van der Waals surface area contributed by atoms with Gasteiger partial charge in [-0.1, -0.05) is 24.6 Å². The largest absolute Gasteiger partial charge is 0.380 e. The highest BCUT2D eigenvalue weighted by Gasteiger charge is 2.47. The molecule has 0 bridgehead atoms. The summed E-state index contributed by atoms with van der Waals surface area (Å²) in [5.41, 5.74) is 5.56. The van der Waals surface area contributed by atoms with Crippen molar-refractivity contribution in [3.63, 3.8) is 0 Å². The lowest BCUT2D eigenvalue weighted by molar-refractivity contribution is 0.201. The number of benzene rings is 1. The quantitative estimate of drug-likeness (QED) is 0.747. The first kappa shape index (κ1) is 20.3. The third-order valence-corrected chi connectivity index (χ3v) is 7.60. The number of hydrogen-bond acceptors (Lipinski definition) is 4. The van der Waals surface area contributed by atoms with Gasteiger partial charge in [-0.3, -0.25) is 0 Å². The summed E-state index contributed by atoms with van der Waals surface area (Å²) in [4.78, 5) is 0.357. The zero-order valence-corrected chi connectivity index (χ0v) is 17.6. The minimum atomic E-state index is -3.52. The van der Waals surface area contributed by atoms with E-state index >= 15 is 0 Å². The molecule has 0 saturated carbocycles. The maximum atomic E-state index is 13.2. The van der Waals surface area contributed by atoms with Crippen LogP contribution in [0.15, 0.2) is 51.5 Å². The lowest BCUT2D eigenvalue weighted by Gasteiger charge is -2.34. The van der Waals surface area contributed by atoms with E-state index in [2.05, 4.69) is 13.8 Å². The summed E-state index contributed by atoms with van der Waals surface area (Å²) in [7, 11) is -0.139. The fourth-order valence-electron chi connectivity index (χ4n) is 4.36. The third-order valence-electron chi connectivity index (χ3n) is 5.79. The van der Waals surface area contributed by atoms with Crippen LogP contribution in [-0.2, 0) is 19.5 Å². The summed E-state index contributed by atoms with van der Waals surface area (Å²) >= 11 is 0. The first-order valence-electron chi connectivity index (χ1n) is 9.19. The summed E-state index contributed by atoms with van der Waals surface area (Å²) in [6, 6.07) is 7.08. The first-order chi connectivity index (χ1) is 12.7. The molecule has 1 aliphatic carbocycles. The Morgan fingerprint density at radius 1 is 1.07 bits per heavy atom. The summed E-state index contributed by atoms with van der Waals surface area (Å²) in [6.45, 7) is 8.19. The number of fused-ring (bicyclic) bond motifs is 1. The standard InChI is InChI=1S/C21H29NO4S/c1-15-6-8-18(9-7-15)27(23,24)22-11-20-16(2)19(13-26-5)17(12-25-4)10-21(20,3)14-22/h6-9H,10-14H2,1-5H3/t21-/m0/s1. The minimum absolute atomic E-state index is 0.201. The second kappa shape index (κ2) is 7.51. The number of aryl methyl sites for hydroxylation is 1. The Balaban J connectivity index is 1.97. The van der Waals surface area contributed by atoms with Crippen molar-refractivity contribution in [2.45, 2.75) is 32.1 Å². The molecule has 1 aromatic rings. The van der Waals surface area contributed by atoms with Crippen LogP contribution in [0.1, 0.15) is 25.8 Å².